The summed E-state index contributed by atoms with van der Waals surface area (Å²) in [7, 11) is 0. The maximum Gasteiger partial charge on any atom is 0.163 e. The monoisotopic (exact) mass is 347 g/mol. The average molecular weight is 348 g/mol. The van der Waals surface area contributed by atoms with Crippen LogP contribution in [0.2, 0.25) is 0 Å². The summed E-state index contributed by atoms with van der Waals surface area (Å²) in [5, 5.41) is 0. The number of nitrogens with two attached hydrogens (primary N) is 1. The molecule has 110 valence electrons. The van der Waals surface area contributed by atoms with Crippen LogP contribution in [0.5, 0.6) is 5.75 Å². The first-order valence-electron chi connectivity index (χ1n) is 6.67. The molecule has 0 heterocycles. The predicted octanol–water partition coefficient (Wildman–Crippen LogP) is 4.43. The Morgan fingerprint density at radius 1 is 1.19 bits per heavy atom. The van der Waals surface area contributed by atoms with E-state index in [-0.39, 0.29) is 5.78 Å². The van der Waals surface area contributed by atoms with Gasteiger partial charge in [0.15, 0.2) is 11.5 Å². The lowest BCUT2D eigenvalue weighted by molar-refractivity contribution is 0.101. The van der Waals surface area contributed by atoms with Crippen molar-refractivity contribution in [3.63, 3.8) is 0 Å². The van der Waals surface area contributed by atoms with Crippen LogP contribution < -0.4 is 10.5 Å². The number of rotatable bonds is 4. The van der Waals surface area contributed by atoms with Crippen molar-refractivity contribution in [1.82, 2.24) is 0 Å². The van der Waals surface area contributed by atoms with Crippen LogP contribution in [0.25, 0.3) is 0 Å². The van der Waals surface area contributed by atoms with Crippen LogP contribution in [0.4, 0.5) is 5.69 Å². The normalized spacial score (nSPS) is 10.5. The number of aryl methyl sites for hydroxylation is 2. The summed E-state index contributed by atoms with van der Waals surface area (Å²) in [4.78, 5) is 11.7. The molecule has 0 aliphatic heterocycles. The predicted molar refractivity (Wildman–Crippen MR) is 88.8 cm³/mol. The first-order chi connectivity index (χ1) is 9.88. The second-order valence-electron chi connectivity index (χ2n) is 5.14. The fraction of sp³-hybridized carbons (Fsp3) is 0.235. The molecule has 4 heteroatoms. The van der Waals surface area contributed by atoms with E-state index in [4.69, 9.17) is 10.5 Å². The molecule has 0 unspecified atom stereocenters. The van der Waals surface area contributed by atoms with Gasteiger partial charge in [-0.25, -0.2) is 0 Å². The minimum atomic E-state index is -0.0712. The van der Waals surface area contributed by atoms with Crippen molar-refractivity contribution in [1.29, 1.82) is 0 Å². The summed E-state index contributed by atoms with van der Waals surface area (Å²) >= 11 is 3.34. The molecule has 2 aromatic rings. The van der Waals surface area contributed by atoms with Crippen LogP contribution in [0.1, 0.15) is 34.0 Å². The Morgan fingerprint density at radius 3 is 2.52 bits per heavy atom. The number of ether oxygens (including phenoxy) is 1. The van der Waals surface area contributed by atoms with Gasteiger partial charge in [-0.05, 0) is 49.6 Å². The number of benzene rings is 2. The van der Waals surface area contributed by atoms with Gasteiger partial charge in [-0.15, -0.1) is 0 Å². The van der Waals surface area contributed by atoms with Crippen LogP contribution in [0.15, 0.2) is 34.8 Å². The average Bonchev–Trinajstić information content (AvgIpc) is 2.40. The number of Topliss-reactive ketones (excluding diaryl/α,β-unsaturated/α-hetero) is 1. The van der Waals surface area contributed by atoms with E-state index in [2.05, 4.69) is 41.9 Å². The van der Waals surface area contributed by atoms with Crippen LogP contribution in [-0.2, 0) is 6.61 Å². The summed E-state index contributed by atoms with van der Waals surface area (Å²) in [6.07, 6.45) is 0. The van der Waals surface area contributed by atoms with Gasteiger partial charge < -0.3 is 10.5 Å². The largest absolute Gasteiger partial charge is 0.486 e. The van der Waals surface area contributed by atoms with Gasteiger partial charge in [-0.2, -0.15) is 0 Å². The summed E-state index contributed by atoms with van der Waals surface area (Å²) in [6.45, 7) is 6.02. The van der Waals surface area contributed by atoms with Crippen molar-refractivity contribution in [3.8, 4) is 5.75 Å². The van der Waals surface area contributed by atoms with Gasteiger partial charge in [0.25, 0.3) is 0 Å². The van der Waals surface area contributed by atoms with Crippen LogP contribution in [0.3, 0.4) is 0 Å². The Kier molecular flexibility index (Phi) is 4.68. The number of hydrogen-bond donors (Lipinski definition) is 1. The molecule has 0 spiro atoms. The van der Waals surface area contributed by atoms with Gasteiger partial charge in [0.05, 0.1) is 11.3 Å². The first kappa shape index (κ1) is 15.6. The molecule has 2 N–H and O–H groups in total. The van der Waals surface area contributed by atoms with Crippen molar-refractivity contribution in [2.24, 2.45) is 0 Å². The second kappa shape index (κ2) is 6.31. The topological polar surface area (TPSA) is 52.3 Å². The van der Waals surface area contributed by atoms with Crippen LogP contribution >= 0.6 is 15.9 Å². The number of hydrogen-bond acceptors (Lipinski definition) is 3. The number of ketones is 1. The Hall–Kier alpha value is -1.81. The third kappa shape index (κ3) is 3.64. The summed E-state index contributed by atoms with van der Waals surface area (Å²) in [6, 6.07) is 9.63. The fourth-order valence-electron chi connectivity index (χ4n) is 2.09. The number of nitrogen functional groups attached to an aromatic ring is 1. The lowest BCUT2D eigenvalue weighted by Crippen LogP contribution is -2.05. The van der Waals surface area contributed by atoms with E-state index in [0.29, 0.717) is 23.6 Å². The molecule has 0 bridgehead atoms. The molecule has 0 amide bonds. The van der Waals surface area contributed by atoms with Gasteiger partial charge in [-0.3, -0.25) is 4.79 Å². The highest BCUT2D eigenvalue weighted by atomic mass is 79.9. The molecule has 0 aliphatic carbocycles. The lowest BCUT2D eigenvalue weighted by Gasteiger charge is -2.14. The molecular formula is C17H18BrNO2. The minimum absolute atomic E-state index is 0.0712. The Labute approximate surface area is 133 Å². The zero-order valence-electron chi connectivity index (χ0n) is 12.4. The van der Waals surface area contributed by atoms with Gasteiger partial charge in [-0.1, -0.05) is 34.1 Å². The van der Waals surface area contributed by atoms with E-state index >= 15 is 0 Å². The number of carbonyl (C=O) groups excluding carboxylic acids is 1. The van der Waals surface area contributed by atoms with Crippen molar-refractivity contribution >= 4 is 27.4 Å². The molecule has 2 aromatic carbocycles. The molecule has 0 saturated carbocycles. The molecule has 0 aliphatic rings. The molecule has 0 radical (unpaired) electrons. The molecule has 21 heavy (non-hydrogen) atoms. The SMILES string of the molecule is CC(=O)c1cc(Br)cc(N)c1OCc1ccc(C)c(C)c1. The molecule has 2 rings (SSSR count). The minimum Gasteiger partial charge on any atom is -0.486 e. The highest BCUT2D eigenvalue weighted by molar-refractivity contribution is 9.10. The molecule has 0 saturated heterocycles. The van der Waals surface area contributed by atoms with Crippen molar-refractivity contribution in [2.75, 3.05) is 5.73 Å². The molecular weight excluding hydrogens is 330 g/mol. The van der Waals surface area contributed by atoms with Gasteiger partial charge >= 0.3 is 0 Å². The van der Waals surface area contributed by atoms with E-state index in [1.54, 1.807) is 12.1 Å². The Balaban J connectivity index is 2.27. The van der Waals surface area contributed by atoms with Crippen molar-refractivity contribution in [3.05, 3.63) is 57.1 Å². The van der Waals surface area contributed by atoms with E-state index in [0.717, 1.165) is 10.0 Å². The molecule has 0 aromatic heterocycles. The molecule has 0 atom stereocenters. The third-order valence-corrected chi connectivity index (χ3v) is 3.87. The highest BCUT2D eigenvalue weighted by Gasteiger charge is 2.14. The van der Waals surface area contributed by atoms with E-state index < -0.39 is 0 Å². The van der Waals surface area contributed by atoms with Gasteiger partial charge in [0, 0.05) is 4.47 Å². The van der Waals surface area contributed by atoms with Gasteiger partial charge in [0.1, 0.15) is 6.61 Å². The summed E-state index contributed by atoms with van der Waals surface area (Å²) < 4.78 is 6.57. The quantitative estimate of drug-likeness (QED) is 0.657. The van der Waals surface area contributed by atoms with Crippen molar-refractivity contribution < 1.29 is 9.53 Å². The maximum absolute atomic E-state index is 11.7. The first-order valence-corrected chi connectivity index (χ1v) is 7.46. The number of anilines is 1. The number of carbonyl (C=O) groups is 1. The van der Waals surface area contributed by atoms with E-state index in [1.807, 2.05) is 6.07 Å². The van der Waals surface area contributed by atoms with E-state index in [9.17, 15) is 4.79 Å². The summed E-state index contributed by atoms with van der Waals surface area (Å²) in [5.41, 5.74) is 10.4. The summed E-state index contributed by atoms with van der Waals surface area (Å²) in [5.74, 6) is 0.377. The van der Waals surface area contributed by atoms with Gasteiger partial charge in [0.2, 0.25) is 0 Å². The van der Waals surface area contributed by atoms with Crippen molar-refractivity contribution in [2.45, 2.75) is 27.4 Å². The highest BCUT2D eigenvalue weighted by Crippen LogP contribution is 2.31. The standard InChI is InChI=1S/C17H18BrNO2/c1-10-4-5-13(6-11(10)2)9-21-17-15(12(3)20)7-14(18)8-16(17)19/h4-8H,9,19H2,1-3H3. The molecule has 0 fully saturated rings. The maximum atomic E-state index is 11.7. The zero-order valence-corrected chi connectivity index (χ0v) is 14.0. The Morgan fingerprint density at radius 2 is 1.90 bits per heavy atom. The smallest absolute Gasteiger partial charge is 0.163 e. The Bertz CT molecular complexity index is 695. The second-order valence-corrected chi connectivity index (χ2v) is 6.05. The van der Waals surface area contributed by atoms with E-state index in [1.165, 1.54) is 18.1 Å². The molecule has 3 nitrogen and oxygen atoms in total. The lowest BCUT2D eigenvalue weighted by atomic mass is 10.1. The fourth-order valence-corrected chi connectivity index (χ4v) is 2.56. The van der Waals surface area contributed by atoms with Crippen LogP contribution in [0, 0.1) is 13.8 Å². The van der Waals surface area contributed by atoms with Crippen LogP contribution in [-0.4, -0.2) is 5.78 Å². The number of halogens is 1. The third-order valence-electron chi connectivity index (χ3n) is 3.42. The zero-order chi connectivity index (χ0) is 15.6.